The molecule has 2 aromatic carbocycles. The number of hydrogen-bond acceptors (Lipinski definition) is 2. The van der Waals surface area contributed by atoms with Gasteiger partial charge < -0.3 is 10.3 Å². The second kappa shape index (κ2) is 7.95. The van der Waals surface area contributed by atoms with Gasteiger partial charge in [0.1, 0.15) is 5.82 Å². The number of H-pyrrole nitrogens is 1. The van der Waals surface area contributed by atoms with Crippen LogP contribution in [0.2, 0.25) is 0 Å². The molecule has 0 aliphatic heterocycles. The largest absolute Gasteiger partial charge is 0.356 e. The lowest BCUT2D eigenvalue weighted by Crippen LogP contribution is -2.25. The van der Waals surface area contributed by atoms with Crippen molar-refractivity contribution in [3.63, 3.8) is 0 Å². The molecule has 3 aromatic rings. The van der Waals surface area contributed by atoms with Crippen LogP contribution in [-0.4, -0.2) is 17.4 Å². The summed E-state index contributed by atoms with van der Waals surface area (Å²) in [6.45, 7) is 2.31. The first-order chi connectivity index (χ1) is 12.5. The summed E-state index contributed by atoms with van der Waals surface area (Å²) in [4.78, 5) is 26.5. The van der Waals surface area contributed by atoms with Gasteiger partial charge in [-0.2, -0.15) is 0 Å². The van der Waals surface area contributed by atoms with E-state index >= 15 is 0 Å². The quantitative estimate of drug-likeness (QED) is 0.715. The van der Waals surface area contributed by atoms with Gasteiger partial charge in [-0.15, -0.1) is 0 Å². The Bertz CT molecular complexity index is 977. The number of carbonyl (C=O) groups excluding carboxylic acids is 1. The number of halogens is 1. The summed E-state index contributed by atoms with van der Waals surface area (Å²) in [5, 5.41) is 3.86. The number of hydrogen-bond donors (Lipinski definition) is 2. The van der Waals surface area contributed by atoms with E-state index in [9.17, 15) is 14.0 Å². The van der Waals surface area contributed by atoms with Crippen molar-refractivity contribution in [2.45, 2.75) is 26.2 Å². The van der Waals surface area contributed by atoms with Crippen molar-refractivity contribution in [2.75, 3.05) is 6.54 Å². The molecule has 4 nitrogen and oxygen atoms in total. The molecule has 0 saturated heterocycles. The molecule has 5 heteroatoms. The van der Waals surface area contributed by atoms with Crippen molar-refractivity contribution in [2.24, 2.45) is 0 Å². The molecule has 26 heavy (non-hydrogen) atoms. The van der Waals surface area contributed by atoms with Crippen LogP contribution in [0.4, 0.5) is 4.39 Å². The number of amides is 1. The number of aromatic amines is 1. The summed E-state index contributed by atoms with van der Waals surface area (Å²) in [5.41, 5.74) is 3.44. The maximum absolute atomic E-state index is 12.9. The first kappa shape index (κ1) is 17.9. The fourth-order valence-electron chi connectivity index (χ4n) is 2.86. The average Bonchev–Trinajstić information content (AvgIpc) is 2.62. The molecule has 0 unspecified atom stereocenters. The highest BCUT2D eigenvalue weighted by atomic mass is 19.1. The normalized spacial score (nSPS) is 10.8. The van der Waals surface area contributed by atoms with Crippen molar-refractivity contribution in [3.05, 3.63) is 81.4 Å². The summed E-state index contributed by atoms with van der Waals surface area (Å²) in [6.07, 6.45) is 1.71. The molecule has 134 valence electrons. The zero-order chi connectivity index (χ0) is 18.5. The maximum Gasteiger partial charge on any atom is 0.251 e. The van der Waals surface area contributed by atoms with E-state index in [2.05, 4.69) is 10.3 Å². The molecular formula is C21H21FN2O2. The van der Waals surface area contributed by atoms with Crippen LogP contribution >= 0.6 is 0 Å². The van der Waals surface area contributed by atoms with Crippen LogP contribution in [0.25, 0.3) is 10.9 Å². The van der Waals surface area contributed by atoms with Gasteiger partial charge in [-0.25, -0.2) is 4.39 Å². The third-order valence-electron chi connectivity index (χ3n) is 4.38. The van der Waals surface area contributed by atoms with Crippen LogP contribution in [-0.2, 0) is 17.6 Å². The third-order valence-corrected chi connectivity index (χ3v) is 4.38. The highest BCUT2D eigenvalue weighted by Crippen LogP contribution is 2.15. The zero-order valence-electron chi connectivity index (χ0n) is 14.6. The number of fused-ring (bicyclic) bond motifs is 1. The Hall–Kier alpha value is -2.95. The van der Waals surface area contributed by atoms with E-state index in [1.165, 1.54) is 12.1 Å². The Kier molecular flexibility index (Phi) is 5.46. The zero-order valence-corrected chi connectivity index (χ0v) is 14.6. The lowest BCUT2D eigenvalue weighted by atomic mass is 10.1. The molecule has 2 N–H and O–H groups in total. The number of pyridine rings is 1. The fraction of sp³-hybridized carbons (Fsp3) is 0.238. The van der Waals surface area contributed by atoms with E-state index in [0.29, 0.717) is 31.4 Å². The van der Waals surface area contributed by atoms with Crippen molar-refractivity contribution in [3.8, 4) is 0 Å². The lowest BCUT2D eigenvalue weighted by molar-refractivity contribution is -0.121. The van der Waals surface area contributed by atoms with E-state index in [-0.39, 0.29) is 17.3 Å². The fourth-order valence-corrected chi connectivity index (χ4v) is 2.86. The second-order valence-electron chi connectivity index (χ2n) is 6.43. The van der Waals surface area contributed by atoms with Crippen LogP contribution in [0.15, 0.2) is 53.3 Å². The first-order valence-corrected chi connectivity index (χ1v) is 8.65. The SMILES string of the molecule is Cc1cc2cc(CCC(=O)NCCc3ccc(F)cc3)ccc2[nH]c1=O. The van der Waals surface area contributed by atoms with Crippen molar-refractivity contribution >= 4 is 16.8 Å². The number of aromatic nitrogens is 1. The van der Waals surface area contributed by atoms with Crippen LogP contribution < -0.4 is 10.9 Å². The van der Waals surface area contributed by atoms with Gasteiger partial charge in [0.05, 0.1) is 0 Å². The molecule has 0 aliphatic carbocycles. The van der Waals surface area contributed by atoms with Crippen LogP contribution in [0.3, 0.4) is 0 Å². The van der Waals surface area contributed by atoms with Crippen molar-refractivity contribution in [1.82, 2.24) is 10.3 Å². The second-order valence-corrected chi connectivity index (χ2v) is 6.43. The van der Waals surface area contributed by atoms with Gasteiger partial charge in [-0.3, -0.25) is 9.59 Å². The minimum Gasteiger partial charge on any atom is -0.356 e. The van der Waals surface area contributed by atoms with Gasteiger partial charge in [0, 0.05) is 24.0 Å². The summed E-state index contributed by atoms with van der Waals surface area (Å²) in [7, 11) is 0. The van der Waals surface area contributed by atoms with Gasteiger partial charge in [0.25, 0.3) is 5.56 Å². The number of rotatable bonds is 6. The van der Waals surface area contributed by atoms with E-state index in [4.69, 9.17) is 0 Å². The molecule has 0 atom stereocenters. The minimum atomic E-state index is -0.257. The number of benzene rings is 2. The molecular weight excluding hydrogens is 331 g/mol. The topological polar surface area (TPSA) is 62.0 Å². The molecule has 0 fully saturated rings. The van der Waals surface area contributed by atoms with Gasteiger partial charge in [0.15, 0.2) is 0 Å². The Labute approximate surface area is 151 Å². The predicted molar refractivity (Wildman–Crippen MR) is 101 cm³/mol. The third kappa shape index (κ3) is 4.57. The van der Waals surface area contributed by atoms with E-state index in [0.717, 1.165) is 22.0 Å². The lowest BCUT2D eigenvalue weighted by Gasteiger charge is -2.07. The predicted octanol–water partition coefficient (Wildman–Crippen LogP) is 3.27. The molecule has 0 bridgehead atoms. The standard InChI is InChI=1S/C21H21FN2O2/c1-14-12-17-13-16(4-8-19(17)24-21(14)26)5-9-20(25)23-11-10-15-2-6-18(22)7-3-15/h2-4,6-8,12-13H,5,9-11H2,1H3,(H,23,25)(H,24,26). The summed E-state index contributed by atoms with van der Waals surface area (Å²) in [5.74, 6) is -0.266. The highest BCUT2D eigenvalue weighted by molar-refractivity contribution is 5.80. The summed E-state index contributed by atoms with van der Waals surface area (Å²) in [6, 6.07) is 14.0. The van der Waals surface area contributed by atoms with Crippen molar-refractivity contribution < 1.29 is 9.18 Å². The van der Waals surface area contributed by atoms with Crippen molar-refractivity contribution in [1.29, 1.82) is 0 Å². The maximum atomic E-state index is 12.9. The van der Waals surface area contributed by atoms with Gasteiger partial charge in [-0.05, 0) is 66.6 Å². The Morgan fingerprint density at radius 1 is 1.04 bits per heavy atom. The number of nitrogens with one attached hydrogen (secondary N) is 2. The molecule has 1 heterocycles. The van der Waals surface area contributed by atoms with E-state index < -0.39 is 0 Å². The van der Waals surface area contributed by atoms with Crippen LogP contribution in [0.1, 0.15) is 23.1 Å². The molecule has 3 rings (SSSR count). The highest BCUT2D eigenvalue weighted by Gasteiger charge is 2.05. The molecule has 0 saturated carbocycles. The molecule has 1 amide bonds. The first-order valence-electron chi connectivity index (χ1n) is 8.65. The smallest absolute Gasteiger partial charge is 0.251 e. The number of aryl methyl sites for hydroxylation is 2. The Morgan fingerprint density at radius 3 is 2.54 bits per heavy atom. The Balaban J connectivity index is 1.51. The molecule has 1 aromatic heterocycles. The van der Waals surface area contributed by atoms with E-state index in [1.807, 2.05) is 24.3 Å². The number of carbonyl (C=O) groups is 1. The van der Waals surface area contributed by atoms with Gasteiger partial charge in [0.2, 0.25) is 5.91 Å². The van der Waals surface area contributed by atoms with Crippen LogP contribution in [0.5, 0.6) is 0 Å². The molecule has 0 spiro atoms. The van der Waals surface area contributed by atoms with Gasteiger partial charge >= 0.3 is 0 Å². The van der Waals surface area contributed by atoms with Gasteiger partial charge in [-0.1, -0.05) is 18.2 Å². The van der Waals surface area contributed by atoms with Crippen LogP contribution in [0, 0.1) is 12.7 Å². The summed E-state index contributed by atoms with van der Waals surface area (Å²) < 4.78 is 12.9. The monoisotopic (exact) mass is 352 g/mol. The Morgan fingerprint density at radius 2 is 1.77 bits per heavy atom. The molecule has 0 radical (unpaired) electrons. The average molecular weight is 352 g/mol. The summed E-state index contributed by atoms with van der Waals surface area (Å²) >= 11 is 0. The van der Waals surface area contributed by atoms with E-state index in [1.54, 1.807) is 19.1 Å². The minimum absolute atomic E-state index is 0.00939. The molecule has 0 aliphatic rings.